The molecule has 4 N–H and O–H groups in total. The first-order chi connectivity index (χ1) is 7.31. The average molecular weight is 202 g/mol. The Bertz CT molecular complexity index is 472. The molecule has 0 aliphatic rings. The highest BCUT2D eigenvalue weighted by atomic mass is 16.3. The van der Waals surface area contributed by atoms with E-state index in [0.717, 1.165) is 0 Å². The molecule has 0 aliphatic heterocycles. The molecule has 1 aromatic heterocycles. The summed E-state index contributed by atoms with van der Waals surface area (Å²) in [5, 5.41) is 9.62. The van der Waals surface area contributed by atoms with Crippen molar-refractivity contribution in [1.82, 2.24) is 9.97 Å². The number of rotatable bonds is 2. The van der Waals surface area contributed by atoms with Gasteiger partial charge >= 0.3 is 0 Å². The van der Waals surface area contributed by atoms with Gasteiger partial charge in [0, 0.05) is 11.8 Å². The van der Waals surface area contributed by atoms with Crippen LogP contribution in [0.5, 0.6) is 5.75 Å². The van der Waals surface area contributed by atoms with Crippen molar-refractivity contribution in [3.05, 3.63) is 36.5 Å². The fourth-order valence-electron chi connectivity index (χ4n) is 1.27. The summed E-state index contributed by atoms with van der Waals surface area (Å²) in [6.07, 6.45) is 1.57. The van der Waals surface area contributed by atoms with Crippen molar-refractivity contribution in [3.63, 3.8) is 0 Å². The van der Waals surface area contributed by atoms with Crippen molar-refractivity contribution >= 4 is 5.95 Å². The molecule has 1 aromatic carbocycles. The number of benzene rings is 1. The Balaban J connectivity index is 2.49. The number of aromatic hydroxyl groups is 1. The quantitative estimate of drug-likeness (QED) is 0.502. The Morgan fingerprint density at radius 1 is 1.20 bits per heavy atom. The fraction of sp³-hybridized carbons (Fsp3) is 0. The molecule has 0 saturated carbocycles. The molecule has 2 rings (SSSR count). The lowest BCUT2D eigenvalue weighted by molar-refractivity contribution is 0.477. The number of nitrogen functional groups attached to an aromatic ring is 1. The third-order valence-electron chi connectivity index (χ3n) is 1.96. The van der Waals surface area contributed by atoms with Crippen LogP contribution in [0.25, 0.3) is 11.3 Å². The van der Waals surface area contributed by atoms with Crippen LogP contribution in [0.15, 0.2) is 36.5 Å². The first-order valence-electron chi connectivity index (χ1n) is 4.39. The molecule has 0 atom stereocenters. The maximum Gasteiger partial charge on any atom is 0.237 e. The fourth-order valence-corrected chi connectivity index (χ4v) is 1.27. The number of phenols is 1. The van der Waals surface area contributed by atoms with Gasteiger partial charge in [0.05, 0.1) is 5.69 Å². The summed E-state index contributed by atoms with van der Waals surface area (Å²) in [4.78, 5) is 8.00. The van der Waals surface area contributed by atoms with E-state index < -0.39 is 0 Å². The van der Waals surface area contributed by atoms with E-state index in [1.54, 1.807) is 30.5 Å². The number of nitrogens with one attached hydrogen (secondary N) is 1. The molecule has 0 fully saturated rings. The summed E-state index contributed by atoms with van der Waals surface area (Å²) in [5.74, 6) is 5.69. The monoisotopic (exact) mass is 202 g/mol. The van der Waals surface area contributed by atoms with E-state index in [0.29, 0.717) is 17.2 Å². The second kappa shape index (κ2) is 3.93. The van der Waals surface area contributed by atoms with Gasteiger partial charge in [0.2, 0.25) is 5.95 Å². The molecular formula is C10H10N4O. The predicted octanol–water partition coefficient (Wildman–Crippen LogP) is 1.13. The third-order valence-corrected chi connectivity index (χ3v) is 1.96. The summed E-state index contributed by atoms with van der Waals surface area (Å²) in [6, 6.07) is 8.66. The molecule has 5 heteroatoms. The van der Waals surface area contributed by atoms with E-state index in [1.807, 2.05) is 6.07 Å². The van der Waals surface area contributed by atoms with Crippen molar-refractivity contribution in [1.29, 1.82) is 0 Å². The van der Waals surface area contributed by atoms with Crippen LogP contribution in [0.4, 0.5) is 5.95 Å². The minimum Gasteiger partial charge on any atom is -0.507 e. The highest BCUT2D eigenvalue weighted by Gasteiger charge is 2.05. The van der Waals surface area contributed by atoms with E-state index in [9.17, 15) is 5.11 Å². The lowest BCUT2D eigenvalue weighted by Crippen LogP contribution is -2.10. The maximum absolute atomic E-state index is 9.62. The summed E-state index contributed by atoms with van der Waals surface area (Å²) >= 11 is 0. The smallest absolute Gasteiger partial charge is 0.237 e. The van der Waals surface area contributed by atoms with Crippen LogP contribution in [0.1, 0.15) is 0 Å². The van der Waals surface area contributed by atoms with Gasteiger partial charge in [0.25, 0.3) is 0 Å². The van der Waals surface area contributed by atoms with Gasteiger partial charge in [0.1, 0.15) is 5.75 Å². The van der Waals surface area contributed by atoms with Gasteiger partial charge in [0.15, 0.2) is 0 Å². The van der Waals surface area contributed by atoms with Crippen LogP contribution in [0.2, 0.25) is 0 Å². The number of phenolic OH excluding ortho intramolecular Hbond substituents is 1. The van der Waals surface area contributed by atoms with Crippen molar-refractivity contribution in [2.75, 3.05) is 5.43 Å². The lowest BCUT2D eigenvalue weighted by atomic mass is 10.1. The SMILES string of the molecule is NNc1nccc(-c2ccccc2O)n1. The second-order valence-corrected chi connectivity index (χ2v) is 2.93. The van der Waals surface area contributed by atoms with Gasteiger partial charge in [-0.2, -0.15) is 0 Å². The number of nitrogens with two attached hydrogens (primary N) is 1. The standard InChI is InChI=1S/C10H10N4O/c11-14-10-12-6-5-8(13-10)7-3-1-2-4-9(7)15/h1-6,15H,11H2,(H,12,13,14). The van der Waals surface area contributed by atoms with Crippen LogP contribution < -0.4 is 11.3 Å². The Kier molecular flexibility index (Phi) is 2.47. The third kappa shape index (κ3) is 1.87. The summed E-state index contributed by atoms with van der Waals surface area (Å²) in [7, 11) is 0. The summed E-state index contributed by atoms with van der Waals surface area (Å²) < 4.78 is 0. The first-order valence-corrected chi connectivity index (χ1v) is 4.39. The second-order valence-electron chi connectivity index (χ2n) is 2.93. The number of para-hydroxylation sites is 1. The zero-order valence-electron chi connectivity index (χ0n) is 7.88. The van der Waals surface area contributed by atoms with Crippen LogP contribution in [-0.2, 0) is 0 Å². The van der Waals surface area contributed by atoms with Gasteiger partial charge in [-0.3, -0.25) is 5.43 Å². The van der Waals surface area contributed by atoms with E-state index >= 15 is 0 Å². The predicted molar refractivity (Wildman–Crippen MR) is 56.9 cm³/mol. The van der Waals surface area contributed by atoms with Crippen LogP contribution in [-0.4, -0.2) is 15.1 Å². The molecule has 1 heterocycles. The van der Waals surface area contributed by atoms with Gasteiger partial charge in [-0.05, 0) is 18.2 Å². The van der Waals surface area contributed by atoms with Crippen molar-refractivity contribution in [2.45, 2.75) is 0 Å². The summed E-state index contributed by atoms with van der Waals surface area (Å²) in [6.45, 7) is 0. The van der Waals surface area contributed by atoms with Crippen molar-refractivity contribution < 1.29 is 5.11 Å². The van der Waals surface area contributed by atoms with Gasteiger partial charge in [-0.1, -0.05) is 12.1 Å². The van der Waals surface area contributed by atoms with Crippen LogP contribution >= 0.6 is 0 Å². The minimum absolute atomic E-state index is 0.180. The number of anilines is 1. The molecule has 0 saturated heterocycles. The van der Waals surface area contributed by atoms with Crippen LogP contribution in [0.3, 0.4) is 0 Å². The molecule has 76 valence electrons. The highest BCUT2D eigenvalue weighted by Crippen LogP contribution is 2.26. The molecule has 0 radical (unpaired) electrons. The van der Waals surface area contributed by atoms with Crippen LogP contribution in [0, 0.1) is 0 Å². The van der Waals surface area contributed by atoms with E-state index in [1.165, 1.54) is 0 Å². The molecule has 0 amide bonds. The molecule has 15 heavy (non-hydrogen) atoms. The molecule has 0 spiro atoms. The Hall–Kier alpha value is -2.14. The zero-order valence-corrected chi connectivity index (χ0v) is 7.88. The number of hydrazine groups is 1. The van der Waals surface area contributed by atoms with E-state index in [2.05, 4.69) is 15.4 Å². The number of hydrogen-bond donors (Lipinski definition) is 3. The first kappa shape index (κ1) is 9.42. The normalized spacial score (nSPS) is 9.93. The molecule has 0 bridgehead atoms. The molecule has 2 aromatic rings. The largest absolute Gasteiger partial charge is 0.507 e. The number of aromatic nitrogens is 2. The number of nitrogens with zero attached hydrogens (tertiary/aromatic N) is 2. The lowest BCUT2D eigenvalue weighted by Gasteiger charge is -2.04. The van der Waals surface area contributed by atoms with Crippen molar-refractivity contribution in [2.24, 2.45) is 5.84 Å². The molecule has 0 unspecified atom stereocenters. The highest BCUT2D eigenvalue weighted by molar-refractivity contribution is 5.66. The van der Waals surface area contributed by atoms with Gasteiger partial charge in [-0.15, -0.1) is 0 Å². The van der Waals surface area contributed by atoms with Gasteiger partial charge < -0.3 is 5.11 Å². The maximum atomic E-state index is 9.62. The molecule has 5 nitrogen and oxygen atoms in total. The Morgan fingerprint density at radius 2 is 2.00 bits per heavy atom. The number of hydrogen-bond acceptors (Lipinski definition) is 5. The van der Waals surface area contributed by atoms with E-state index in [4.69, 9.17) is 5.84 Å². The summed E-state index contributed by atoms with van der Waals surface area (Å²) in [5.41, 5.74) is 3.62. The minimum atomic E-state index is 0.180. The molecular weight excluding hydrogens is 192 g/mol. The van der Waals surface area contributed by atoms with Gasteiger partial charge in [-0.25, -0.2) is 15.8 Å². The Morgan fingerprint density at radius 3 is 2.73 bits per heavy atom. The average Bonchev–Trinajstić information content (AvgIpc) is 2.30. The topological polar surface area (TPSA) is 84.1 Å². The zero-order chi connectivity index (χ0) is 10.7. The molecule has 0 aliphatic carbocycles. The Labute approximate surface area is 86.6 Å². The van der Waals surface area contributed by atoms with E-state index in [-0.39, 0.29) is 5.75 Å². The van der Waals surface area contributed by atoms with Crippen molar-refractivity contribution in [3.8, 4) is 17.0 Å².